The van der Waals surface area contributed by atoms with Crippen molar-refractivity contribution in [3.63, 3.8) is 0 Å². The summed E-state index contributed by atoms with van der Waals surface area (Å²) < 4.78 is 4.79. The van der Waals surface area contributed by atoms with Gasteiger partial charge in [0.05, 0.1) is 5.92 Å². The zero-order valence-corrected chi connectivity index (χ0v) is 11.0. The van der Waals surface area contributed by atoms with Crippen LogP contribution in [0.15, 0.2) is 4.52 Å². The molecular formula is C11H18N4O4. The van der Waals surface area contributed by atoms with E-state index in [9.17, 15) is 9.59 Å². The van der Waals surface area contributed by atoms with E-state index >= 15 is 0 Å². The number of carbonyl (C=O) groups excluding carboxylic acids is 1. The fourth-order valence-corrected chi connectivity index (χ4v) is 1.42. The number of aromatic nitrogens is 2. The van der Waals surface area contributed by atoms with Crippen LogP contribution < -0.4 is 10.6 Å². The van der Waals surface area contributed by atoms with Gasteiger partial charge in [0, 0.05) is 26.4 Å². The number of rotatable bonds is 7. The van der Waals surface area contributed by atoms with E-state index in [1.54, 1.807) is 13.8 Å². The van der Waals surface area contributed by atoms with E-state index in [-0.39, 0.29) is 6.54 Å². The van der Waals surface area contributed by atoms with Crippen molar-refractivity contribution in [3.8, 4) is 0 Å². The molecule has 1 atom stereocenters. The predicted molar refractivity (Wildman–Crippen MR) is 65.6 cm³/mol. The first kappa shape index (κ1) is 14.9. The molecule has 0 aliphatic carbocycles. The molecule has 1 unspecified atom stereocenters. The fraction of sp³-hybridized carbons (Fsp3) is 0.636. The lowest BCUT2D eigenvalue weighted by atomic mass is 10.1. The van der Waals surface area contributed by atoms with Crippen molar-refractivity contribution < 1.29 is 19.2 Å². The van der Waals surface area contributed by atoms with Gasteiger partial charge in [-0.3, -0.25) is 4.79 Å². The smallest absolute Gasteiger partial charge is 0.314 e. The highest BCUT2D eigenvalue weighted by molar-refractivity contribution is 5.75. The van der Waals surface area contributed by atoms with E-state index < -0.39 is 17.9 Å². The minimum atomic E-state index is -0.912. The average molecular weight is 270 g/mol. The number of aryl methyl sites for hydroxylation is 1. The van der Waals surface area contributed by atoms with Gasteiger partial charge in [-0.1, -0.05) is 12.1 Å². The molecule has 0 spiro atoms. The van der Waals surface area contributed by atoms with Gasteiger partial charge in [0.25, 0.3) is 0 Å². The zero-order valence-electron chi connectivity index (χ0n) is 11.0. The Bertz CT molecular complexity index is 432. The van der Waals surface area contributed by atoms with Gasteiger partial charge in [-0.05, 0) is 6.42 Å². The SMILES string of the molecule is CCC(CNC(=O)NCCc1noc(C)n1)C(=O)O. The number of aliphatic carboxylic acids is 1. The minimum Gasteiger partial charge on any atom is -0.481 e. The van der Waals surface area contributed by atoms with E-state index in [4.69, 9.17) is 9.63 Å². The van der Waals surface area contributed by atoms with Gasteiger partial charge in [-0.15, -0.1) is 0 Å². The highest BCUT2D eigenvalue weighted by Gasteiger charge is 2.15. The van der Waals surface area contributed by atoms with E-state index in [1.165, 1.54) is 0 Å². The molecule has 0 saturated heterocycles. The van der Waals surface area contributed by atoms with Crippen molar-refractivity contribution in [1.29, 1.82) is 0 Å². The maximum absolute atomic E-state index is 11.4. The fourth-order valence-electron chi connectivity index (χ4n) is 1.42. The average Bonchev–Trinajstić information content (AvgIpc) is 2.75. The number of carboxylic acids is 1. The van der Waals surface area contributed by atoms with Gasteiger partial charge in [0.15, 0.2) is 5.82 Å². The van der Waals surface area contributed by atoms with E-state index in [0.717, 1.165) is 0 Å². The van der Waals surface area contributed by atoms with Crippen molar-refractivity contribution >= 4 is 12.0 Å². The summed E-state index contributed by atoms with van der Waals surface area (Å²) in [5, 5.41) is 17.6. The molecular weight excluding hydrogens is 252 g/mol. The summed E-state index contributed by atoms with van der Waals surface area (Å²) in [7, 11) is 0. The van der Waals surface area contributed by atoms with Crippen LogP contribution in [0.2, 0.25) is 0 Å². The highest BCUT2D eigenvalue weighted by atomic mass is 16.5. The third kappa shape index (κ3) is 5.36. The third-order valence-corrected chi connectivity index (χ3v) is 2.55. The molecule has 0 saturated carbocycles. The molecule has 8 heteroatoms. The standard InChI is InChI=1S/C11H18N4O4/c1-3-8(10(16)17)6-13-11(18)12-5-4-9-14-7(2)19-15-9/h8H,3-6H2,1-2H3,(H,16,17)(H2,12,13,18). The molecule has 0 aliphatic rings. The highest BCUT2D eigenvalue weighted by Crippen LogP contribution is 2.00. The zero-order chi connectivity index (χ0) is 14.3. The largest absolute Gasteiger partial charge is 0.481 e. The monoisotopic (exact) mass is 270 g/mol. The first-order valence-electron chi connectivity index (χ1n) is 6.06. The van der Waals surface area contributed by atoms with Crippen molar-refractivity contribution in [2.45, 2.75) is 26.7 Å². The number of carbonyl (C=O) groups is 2. The Kier molecular flexibility index (Phi) is 5.77. The third-order valence-electron chi connectivity index (χ3n) is 2.55. The molecule has 19 heavy (non-hydrogen) atoms. The molecule has 106 valence electrons. The Morgan fingerprint density at radius 1 is 1.42 bits per heavy atom. The number of urea groups is 1. The van der Waals surface area contributed by atoms with Crippen LogP contribution in [0.5, 0.6) is 0 Å². The Hall–Kier alpha value is -2.12. The van der Waals surface area contributed by atoms with Crippen LogP contribution in [0.1, 0.15) is 25.1 Å². The summed E-state index contributed by atoms with van der Waals surface area (Å²) in [5.74, 6) is -0.475. The quantitative estimate of drug-likeness (QED) is 0.657. The van der Waals surface area contributed by atoms with Gasteiger partial charge in [0.1, 0.15) is 0 Å². The van der Waals surface area contributed by atoms with Crippen molar-refractivity contribution in [1.82, 2.24) is 20.8 Å². The number of hydrogen-bond acceptors (Lipinski definition) is 5. The summed E-state index contributed by atoms with van der Waals surface area (Å²) in [6, 6.07) is -0.403. The number of nitrogens with one attached hydrogen (secondary N) is 2. The molecule has 1 rings (SSSR count). The van der Waals surface area contributed by atoms with E-state index in [1.807, 2.05) is 0 Å². The predicted octanol–water partition coefficient (Wildman–Crippen LogP) is 0.331. The van der Waals surface area contributed by atoms with Gasteiger partial charge >= 0.3 is 12.0 Å². The molecule has 8 nitrogen and oxygen atoms in total. The molecule has 0 bridgehead atoms. The normalized spacial score (nSPS) is 11.9. The van der Waals surface area contributed by atoms with Gasteiger partial charge in [-0.25, -0.2) is 4.79 Å². The second kappa shape index (κ2) is 7.34. The number of hydrogen-bond donors (Lipinski definition) is 3. The Labute approximate surface area is 110 Å². The van der Waals surface area contributed by atoms with Crippen molar-refractivity contribution in [2.24, 2.45) is 5.92 Å². The molecule has 1 aromatic heterocycles. The van der Waals surface area contributed by atoms with E-state index in [0.29, 0.717) is 31.1 Å². The lowest BCUT2D eigenvalue weighted by Crippen LogP contribution is -2.40. The van der Waals surface area contributed by atoms with Crippen molar-refractivity contribution in [3.05, 3.63) is 11.7 Å². The first-order chi connectivity index (χ1) is 9.02. The van der Waals surface area contributed by atoms with Gasteiger partial charge < -0.3 is 20.3 Å². The van der Waals surface area contributed by atoms with Gasteiger partial charge in [0.2, 0.25) is 5.89 Å². The van der Waals surface area contributed by atoms with Crippen LogP contribution in [0.4, 0.5) is 4.79 Å². The molecule has 1 heterocycles. The summed E-state index contributed by atoms with van der Waals surface area (Å²) in [6.45, 7) is 3.91. The van der Waals surface area contributed by atoms with Crippen LogP contribution in [-0.4, -0.2) is 40.3 Å². The molecule has 3 N–H and O–H groups in total. The molecule has 0 fully saturated rings. The summed E-state index contributed by atoms with van der Waals surface area (Å²) in [6.07, 6.45) is 0.929. The lowest BCUT2D eigenvalue weighted by molar-refractivity contribution is -0.141. The number of amides is 2. The Morgan fingerprint density at radius 3 is 2.68 bits per heavy atom. The molecule has 1 aromatic rings. The maximum Gasteiger partial charge on any atom is 0.314 e. The van der Waals surface area contributed by atoms with Crippen LogP contribution in [0, 0.1) is 12.8 Å². The molecule has 2 amide bonds. The van der Waals surface area contributed by atoms with Crippen LogP contribution in [0.3, 0.4) is 0 Å². The summed E-state index contributed by atoms with van der Waals surface area (Å²) >= 11 is 0. The Balaban J connectivity index is 2.19. The summed E-state index contributed by atoms with van der Waals surface area (Å²) in [4.78, 5) is 26.1. The van der Waals surface area contributed by atoms with Gasteiger partial charge in [-0.2, -0.15) is 4.98 Å². The summed E-state index contributed by atoms with van der Waals surface area (Å²) in [5.41, 5.74) is 0. The maximum atomic E-state index is 11.4. The second-order valence-corrected chi connectivity index (χ2v) is 4.06. The molecule has 0 aliphatic heterocycles. The van der Waals surface area contributed by atoms with Crippen LogP contribution >= 0.6 is 0 Å². The second-order valence-electron chi connectivity index (χ2n) is 4.06. The number of nitrogens with zero attached hydrogens (tertiary/aromatic N) is 2. The van der Waals surface area contributed by atoms with Crippen LogP contribution in [0.25, 0.3) is 0 Å². The van der Waals surface area contributed by atoms with Crippen molar-refractivity contribution in [2.75, 3.05) is 13.1 Å². The minimum absolute atomic E-state index is 0.110. The van der Waals surface area contributed by atoms with Crippen LogP contribution in [-0.2, 0) is 11.2 Å². The molecule has 0 aromatic carbocycles. The lowest BCUT2D eigenvalue weighted by Gasteiger charge is -2.11. The molecule has 0 radical (unpaired) electrons. The van der Waals surface area contributed by atoms with E-state index in [2.05, 4.69) is 20.8 Å². The topological polar surface area (TPSA) is 117 Å². The Morgan fingerprint density at radius 2 is 2.16 bits per heavy atom. The first-order valence-corrected chi connectivity index (χ1v) is 6.06. The number of carboxylic acid groups (broad SMARTS) is 1.